The van der Waals surface area contributed by atoms with E-state index in [-0.39, 0.29) is 12.1 Å². The first kappa shape index (κ1) is 15.7. The first-order valence-electron chi connectivity index (χ1n) is 7.15. The summed E-state index contributed by atoms with van der Waals surface area (Å²) in [4.78, 5) is 11.6. The van der Waals surface area contributed by atoms with Crippen molar-refractivity contribution in [3.8, 4) is 5.75 Å². The molecule has 2 amide bonds. The molecule has 5 heteroatoms. The van der Waals surface area contributed by atoms with Gasteiger partial charge in [-0.1, -0.05) is 0 Å². The van der Waals surface area contributed by atoms with Gasteiger partial charge in [0.25, 0.3) is 0 Å². The van der Waals surface area contributed by atoms with E-state index < -0.39 is 0 Å². The van der Waals surface area contributed by atoms with E-state index in [1.807, 2.05) is 62.4 Å². The number of nitrogens with one attached hydrogen (secondary N) is 3. The number of benzene rings is 2. The number of hydrogen-bond donors (Lipinski definition) is 3. The van der Waals surface area contributed by atoms with E-state index in [0.29, 0.717) is 0 Å². The first-order valence-corrected chi connectivity index (χ1v) is 7.15. The highest BCUT2D eigenvalue weighted by atomic mass is 16.5. The maximum atomic E-state index is 11.6. The van der Waals surface area contributed by atoms with Crippen molar-refractivity contribution in [2.24, 2.45) is 0 Å². The summed E-state index contributed by atoms with van der Waals surface area (Å²) >= 11 is 0. The number of methoxy groups -OCH3 is 1. The van der Waals surface area contributed by atoms with Gasteiger partial charge >= 0.3 is 6.03 Å². The second-order valence-electron chi connectivity index (χ2n) is 5.18. The molecule has 2 rings (SSSR count). The molecule has 3 N–H and O–H groups in total. The number of rotatable bonds is 5. The molecule has 0 saturated heterocycles. The third-order valence-electron chi connectivity index (χ3n) is 2.94. The average Bonchev–Trinajstić information content (AvgIpc) is 2.49. The molecule has 2 aromatic carbocycles. The topological polar surface area (TPSA) is 62.4 Å². The van der Waals surface area contributed by atoms with Gasteiger partial charge in [-0.25, -0.2) is 4.79 Å². The minimum absolute atomic E-state index is 0.107. The summed E-state index contributed by atoms with van der Waals surface area (Å²) in [5.41, 5.74) is 2.66. The van der Waals surface area contributed by atoms with Crippen LogP contribution in [-0.2, 0) is 0 Å². The van der Waals surface area contributed by atoms with Gasteiger partial charge < -0.3 is 20.7 Å². The van der Waals surface area contributed by atoms with Crippen LogP contribution >= 0.6 is 0 Å². The van der Waals surface area contributed by atoms with Gasteiger partial charge in [0.2, 0.25) is 0 Å². The van der Waals surface area contributed by atoms with E-state index >= 15 is 0 Å². The third kappa shape index (κ3) is 4.70. The molecule has 0 aliphatic heterocycles. The van der Waals surface area contributed by atoms with Crippen LogP contribution in [-0.4, -0.2) is 19.2 Å². The van der Waals surface area contributed by atoms with Crippen LogP contribution in [0.15, 0.2) is 48.5 Å². The van der Waals surface area contributed by atoms with Gasteiger partial charge in [-0.2, -0.15) is 0 Å². The van der Waals surface area contributed by atoms with Gasteiger partial charge in [-0.15, -0.1) is 0 Å². The second-order valence-corrected chi connectivity index (χ2v) is 5.18. The normalized spacial score (nSPS) is 10.2. The van der Waals surface area contributed by atoms with Gasteiger partial charge in [0.1, 0.15) is 5.75 Å². The molecular weight excluding hydrogens is 278 g/mol. The molecule has 2 aromatic rings. The molecule has 0 fully saturated rings. The molecular formula is C17H21N3O2. The molecule has 5 nitrogen and oxygen atoms in total. The largest absolute Gasteiger partial charge is 0.497 e. The van der Waals surface area contributed by atoms with Gasteiger partial charge in [-0.3, -0.25) is 0 Å². The molecule has 0 unspecified atom stereocenters. The van der Waals surface area contributed by atoms with Crippen LogP contribution in [0.4, 0.5) is 21.9 Å². The van der Waals surface area contributed by atoms with Crippen LogP contribution in [0.3, 0.4) is 0 Å². The smallest absolute Gasteiger partial charge is 0.319 e. The highest BCUT2D eigenvalue weighted by Crippen LogP contribution is 2.21. The number of anilines is 3. The fourth-order valence-electron chi connectivity index (χ4n) is 1.91. The predicted molar refractivity (Wildman–Crippen MR) is 90.0 cm³/mol. The fraction of sp³-hybridized carbons (Fsp3) is 0.235. The van der Waals surface area contributed by atoms with E-state index in [4.69, 9.17) is 4.74 Å². The molecule has 0 aliphatic carbocycles. The summed E-state index contributed by atoms with van der Waals surface area (Å²) in [6.45, 7) is 3.84. The van der Waals surface area contributed by atoms with Gasteiger partial charge in [-0.05, 0) is 62.4 Å². The molecule has 0 aromatic heterocycles. The average molecular weight is 299 g/mol. The van der Waals surface area contributed by atoms with Crippen molar-refractivity contribution in [2.75, 3.05) is 17.7 Å². The SMILES string of the molecule is COc1ccc(Nc2ccc(NC(=O)NC(C)C)cc2)cc1. The Balaban J connectivity index is 1.94. The van der Waals surface area contributed by atoms with Crippen LogP contribution in [0.5, 0.6) is 5.75 Å². The maximum absolute atomic E-state index is 11.6. The predicted octanol–water partition coefficient (Wildman–Crippen LogP) is 3.97. The van der Waals surface area contributed by atoms with Crippen molar-refractivity contribution < 1.29 is 9.53 Å². The molecule has 22 heavy (non-hydrogen) atoms. The van der Waals surface area contributed by atoms with Crippen molar-refractivity contribution in [1.82, 2.24) is 5.32 Å². The molecule has 0 spiro atoms. The Kier molecular flexibility index (Phi) is 5.25. The molecule has 116 valence electrons. The molecule has 0 aliphatic rings. The molecule has 0 heterocycles. The van der Waals surface area contributed by atoms with Crippen molar-refractivity contribution in [2.45, 2.75) is 19.9 Å². The number of amides is 2. The molecule has 0 bridgehead atoms. The third-order valence-corrected chi connectivity index (χ3v) is 2.94. The summed E-state index contributed by atoms with van der Waals surface area (Å²) in [6, 6.07) is 15.1. The monoisotopic (exact) mass is 299 g/mol. The molecule has 0 atom stereocenters. The zero-order chi connectivity index (χ0) is 15.9. The van der Waals surface area contributed by atoms with E-state index in [2.05, 4.69) is 16.0 Å². The quantitative estimate of drug-likeness (QED) is 0.783. The zero-order valence-corrected chi connectivity index (χ0v) is 13.0. The standard InChI is InChI=1S/C17H21N3O2/c1-12(2)18-17(21)20-15-6-4-13(5-7-15)19-14-8-10-16(22-3)11-9-14/h4-12,19H,1-3H3,(H2,18,20,21). The van der Waals surface area contributed by atoms with Crippen molar-refractivity contribution in [3.05, 3.63) is 48.5 Å². The Morgan fingerprint density at radius 1 is 0.909 bits per heavy atom. The number of hydrogen-bond acceptors (Lipinski definition) is 3. The highest BCUT2D eigenvalue weighted by molar-refractivity contribution is 5.89. The van der Waals surface area contributed by atoms with E-state index in [0.717, 1.165) is 22.8 Å². The van der Waals surface area contributed by atoms with Crippen LogP contribution in [0.1, 0.15) is 13.8 Å². The summed E-state index contributed by atoms with van der Waals surface area (Å²) in [5, 5.41) is 8.85. The Morgan fingerprint density at radius 2 is 1.41 bits per heavy atom. The Hall–Kier alpha value is -2.69. The molecule has 0 radical (unpaired) electrons. The van der Waals surface area contributed by atoms with Gasteiger partial charge in [0.05, 0.1) is 7.11 Å². The summed E-state index contributed by atoms with van der Waals surface area (Å²) < 4.78 is 5.13. The van der Waals surface area contributed by atoms with Crippen molar-refractivity contribution in [1.29, 1.82) is 0 Å². The maximum Gasteiger partial charge on any atom is 0.319 e. The Labute approximate surface area is 130 Å². The van der Waals surface area contributed by atoms with Crippen LogP contribution < -0.4 is 20.7 Å². The first-order chi connectivity index (χ1) is 10.6. The second kappa shape index (κ2) is 7.36. The van der Waals surface area contributed by atoms with E-state index in [1.165, 1.54) is 0 Å². The lowest BCUT2D eigenvalue weighted by molar-refractivity contribution is 0.250. The summed E-state index contributed by atoms with van der Waals surface area (Å²) in [7, 11) is 1.64. The fourth-order valence-corrected chi connectivity index (χ4v) is 1.91. The van der Waals surface area contributed by atoms with Gasteiger partial charge in [0.15, 0.2) is 0 Å². The van der Waals surface area contributed by atoms with Crippen LogP contribution in [0.2, 0.25) is 0 Å². The highest BCUT2D eigenvalue weighted by Gasteiger charge is 2.03. The summed E-state index contributed by atoms with van der Waals surface area (Å²) in [6.07, 6.45) is 0. The van der Waals surface area contributed by atoms with Crippen LogP contribution in [0.25, 0.3) is 0 Å². The minimum atomic E-state index is -0.203. The minimum Gasteiger partial charge on any atom is -0.497 e. The number of carbonyl (C=O) groups excluding carboxylic acids is 1. The van der Waals surface area contributed by atoms with Crippen molar-refractivity contribution >= 4 is 23.1 Å². The Morgan fingerprint density at radius 3 is 1.91 bits per heavy atom. The lowest BCUT2D eigenvalue weighted by Gasteiger charge is -2.11. The van der Waals surface area contributed by atoms with Gasteiger partial charge in [0, 0.05) is 23.1 Å². The van der Waals surface area contributed by atoms with Crippen LogP contribution in [0, 0.1) is 0 Å². The summed E-state index contributed by atoms with van der Waals surface area (Å²) in [5.74, 6) is 0.821. The number of ether oxygens (including phenoxy) is 1. The number of urea groups is 1. The molecule has 0 saturated carbocycles. The lowest BCUT2D eigenvalue weighted by Crippen LogP contribution is -2.34. The van der Waals surface area contributed by atoms with E-state index in [9.17, 15) is 4.79 Å². The lowest BCUT2D eigenvalue weighted by atomic mass is 10.2. The van der Waals surface area contributed by atoms with Crippen molar-refractivity contribution in [3.63, 3.8) is 0 Å². The zero-order valence-electron chi connectivity index (χ0n) is 13.0. The Bertz CT molecular complexity index is 607. The number of carbonyl (C=O) groups is 1. The van der Waals surface area contributed by atoms with E-state index in [1.54, 1.807) is 7.11 Å².